The zero-order valence-electron chi connectivity index (χ0n) is 10.6. The van der Waals surface area contributed by atoms with Crippen molar-refractivity contribution in [3.8, 4) is 6.07 Å². The fourth-order valence-electron chi connectivity index (χ4n) is 2.40. The van der Waals surface area contributed by atoms with Crippen LogP contribution < -0.4 is 5.32 Å². The predicted octanol–water partition coefficient (Wildman–Crippen LogP) is 1.70. The van der Waals surface area contributed by atoms with Crippen LogP contribution in [0, 0.1) is 17.2 Å². The molecule has 18 heavy (non-hydrogen) atoms. The van der Waals surface area contributed by atoms with Gasteiger partial charge in [0.2, 0.25) is 0 Å². The molecule has 96 valence electrons. The van der Waals surface area contributed by atoms with Crippen molar-refractivity contribution >= 4 is 5.82 Å². The molecule has 0 amide bonds. The lowest BCUT2D eigenvalue weighted by Gasteiger charge is -2.39. The van der Waals surface area contributed by atoms with Crippen molar-refractivity contribution in [2.75, 3.05) is 11.9 Å². The third-order valence-corrected chi connectivity index (χ3v) is 3.76. The maximum absolute atomic E-state index is 9.66. The largest absolute Gasteiger partial charge is 0.394 e. The molecule has 1 aliphatic carbocycles. The van der Waals surface area contributed by atoms with Crippen LogP contribution in [0.3, 0.4) is 0 Å². The van der Waals surface area contributed by atoms with E-state index in [1.165, 1.54) is 6.20 Å². The summed E-state index contributed by atoms with van der Waals surface area (Å²) in [6.45, 7) is 2.28. The van der Waals surface area contributed by atoms with Crippen LogP contribution in [0.15, 0.2) is 12.3 Å². The quantitative estimate of drug-likeness (QED) is 0.848. The van der Waals surface area contributed by atoms with Gasteiger partial charge in [0.05, 0.1) is 23.9 Å². The van der Waals surface area contributed by atoms with E-state index in [0.29, 0.717) is 17.3 Å². The van der Waals surface area contributed by atoms with Crippen molar-refractivity contribution in [1.82, 2.24) is 10.2 Å². The molecule has 0 aromatic carbocycles. The first-order chi connectivity index (χ1) is 8.69. The highest BCUT2D eigenvalue weighted by Gasteiger charge is 2.34. The standard InChI is InChI=1S/C13H18N4O/c1-10-2-5-13(9-18,6-3-10)16-12-11(8-14)4-7-15-17-12/h4,7,10,18H,2-3,5-6,9H2,1H3,(H,16,17). The molecule has 1 saturated carbocycles. The van der Waals surface area contributed by atoms with E-state index in [1.807, 2.05) is 0 Å². The Hall–Kier alpha value is -1.67. The summed E-state index contributed by atoms with van der Waals surface area (Å²) < 4.78 is 0. The highest BCUT2D eigenvalue weighted by atomic mass is 16.3. The first kappa shape index (κ1) is 12.8. The van der Waals surface area contributed by atoms with E-state index >= 15 is 0 Å². The van der Waals surface area contributed by atoms with E-state index in [9.17, 15) is 5.11 Å². The molecule has 0 saturated heterocycles. The molecule has 0 unspecified atom stereocenters. The molecular weight excluding hydrogens is 228 g/mol. The van der Waals surface area contributed by atoms with Gasteiger partial charge in [-0.15, -0.1) is 5.10 Å². The van der Waals surface area contributed by atoms with Crippen LogP contribution in [0.25, 0.3) is 0 Å². The molecule has 2 N–H and O–H groups in total. The van der Waals surface area contributed by atoms with Crippen molar-refractivity contribution in [3.05, 3.63) is 17.8 Å². The van der Waals surface area contributed by atoms with Crippen molar-refractivity contribution in [2.45, 2.75) is 38.1 Å². The number of aromatic nitrogens is 2. The van der Waals surface area contributed by atoms with Crippen LogP contribution in [-0.2, 0) is 0 Å². The smallest absolute Gasteiger partial charge is 0.167 e. The van der Waals surface area contributed by atoms with E-state index in [4.69, 9.17) is 5.26 Å². The lowest BCUT2D eigenvalue weighted by atomic mass is 9.77. The summed E-state index contributed by atoms with van der Waals surface area (Å²) in [4.78, 5) is 0. The second-order valence-electron chi connectivity index (χ2n) is 5.15. The molecule has 1 aromatic heterocycles. The third kappa shape index (κ3) is 2.59. The summed E-state index contributed by atoms with van der Waals surface area (Å²) >= 11 is 0. The third-order valence-electron chi connectivity index (χ3n) is 3.76. The van der Waals surface area contributed by atoms with Crippen LogP contribution in [-0.4, -0.2) is 27.4 Å². The van der Waals surface area contributed by atoms with Gasteiger partial charge in [0.15, 0.2) is 5.82 Å². The van der Waals surface area contributed by atoms with Crippen molar-refractivity contribution in [3.63, 3.8) is 0 Å². The monoisotopic (exact) mass is 246 g/mol. The minimum absolute atomic E-state index is 0.0567. The van der Waals surface area contributed by atoms with Gasteiger partial charge >= 0.3 is 0 Å². The van der Waals surface area contributed by atoms with Gasteiger partial charge in [0.25, 0.3) is 0 Å². The average molecular weight is 246 g/mol. The summed E-state index contributed by atoms with van der Waals surface area (Å²) in [6.07, 6.45) is 5.45. The highest BCUT2D eigenvalue weighted by Crippen LogP contribution is 2.34. The molecule has 0 spiro atoms. The van der Waals surface area contributed by atoms with Gasteiger partial charge in [-0.2, -0.15) is 10.4 Å². The molecule has 1 aromatic rings. The number of nitriles is 1. The minimum atomic E-state index is -0.353. The van der Waals surface area contributed by atoms with E-state index in [-0.39, 0.29) is 12.1 Å². The van der Waals surface area contributed by atoms with Crippen LogP contribution in [0.4, 0.5) is 5.82 Å². The Bertz CT molecular complexity index is 447. The van der Waals surface area contributed by atoms with Gasteiger partial charge in [0, 0.05) is 0 Å². The van der Waals surface area contributed by atoms with Crippen LogP contribution in [0.1, 0.15) is 38.2 Å². The maximum atomic E-state index is 9.66. The maximum Gasteiger partial charge on any atom is 0.167 e. The Morgan fingerprint density at radius 1 is 1.56 bits per heavy atom. The average Bonchev–Trinajstić information content (AvgIpc) is 2.42. The Morgan fingerprint density at radius 2 is 2.28 bits per heavy atom. The lowest BCUT2D eigenvalue weighted by Crippen LogP contribution is -2.45. The van der Waals surface area contributed by atoms with Gasteiger partial charge in [-0.1, -0.05) is 6.92 Å². The van der Waals surface area contributed by atoms with Gasteiger partial charge in [-0.3, -0.25) is 0 Å². The number of hydrogen-bond donors (Lipinski definition) is 2. The van der Waals surface area contributed by atoms with Crippen molar-refractivity contribution < 1.29 is 5.11 Å². The zero-order valence-corrected chi connectivity index (χ0v) is 10.6. The number of hydrogen-bond acceptors (Lipinski definition) is 5. The fourth-order valence-corrected chi connectivity index (χ4v) is 2.40. The lowest BCUT2D eigenvalue weighted by molar-refractivity contribution is 0.155. The molecular formula is C13H18N4O. The normalized spacial score (nSPS) is 27.5. The number of nitrogens with zero attached hydrogens (tertiary/aromatic N) is 3. The number of aliphatic hydroxyl groups excluding tert-OH is 1. The molecule has 1 heterocycles. The molecule has 5 nitrogen and oxygen atoms in total. The molecule has 2 rings (SSSR count). The first-order valence-electron chi connectivity index (χ1n) is 6.30. The molecule has 5 heteroatoms. The minimum Gasteiger partial charge on any atom is -0.394 e. The zero-order chi connectivity index (χ0) is 13.0. The molecule has 0 atom stereocenters. The second kappa shape index (κ2) is 5.32. The van der Waals surface area contributed by atoms with Crippen LogP contribution in [0.5, 0.6) is 0 Å². The summed E-state index contributed by atoms with van der Waals surface area (Å²) in [7, 11) is 0. The molecule has 1 fully saturated rings. The number of aliphatic hydroxyl groups is 1. The summed E-state index contributed by atoms with van der Waals surface area (Å²) in [5.74, 6) is 1.17. The van der Waals surface area contributed by atoms with Crippen LogP contribution >= 0.6 is 0 Å². The molecule has 0 bridgehead atoms. The topological polar surface area (TPSA) is 81.8 Å². The Kier molecular flexibility index (Phi) is 3.78. The van der Waals surface area contributed by atoms with Gasteiger partial charge in [0.1, 0.15) is 6.07 Å². The Labute approximate surface area is 107 Å². The van der Waals surface area contributed by atoms with Crippen molar-refractivity contribution in [1.29, 1.82) is 5.26 Å². The second-order valence-corrected chi connectivity index (χ2v) is 5.15. The predicted molar refractivity (Wildman–Crippen MR) is 67.8 cm³/mol. The number of anilines is 1. The van der Waals surface area contributed by atoms with E-state index in [1.54, 1.807) is 6.07 Å². The van der Waals surface area contributed by atoms with E-state index in [0.717, 1.165) is 25.7 Å². The molecule has 1 aliphatic rings. The molecule has 0 aliphatic heterocycles. The van der Waals surface area contributed by atoms with Crippen molar-refractivity contribution in [2.24, 2.45) is 5.92 Å². The highest BCUT2D eigenvalue weighted by molar-refractivity contribution is 5.52. The van der Waals surface area contributed by atoms with Gasteiger partial charge in [-0.25, -0.2) is 0 Å². The SMILES string of the molecule is CC1CCC(CO)(Nc2nnccc2C#N)CC1. The van der Waals surface area contributed by atoms with E-state index < -0.39 is 0 Å². The fraction of sp³-hybridized carbons (Fsp3) is 0.615. The first-order valence-corrected chi connectivity index (χ1v) is 6.30. The summed E-state index contributed by atoms with van der Waals surface area (Å²) in [5, 5.41) is 29.7. The summed E-state index contributed by atoms with van der Waals surface area (Å²) in [6, 6.07) is 3.72. The number of rotatable bonds is 3. The van der Waals surface area contributed by atoms with Gasteiger partial charge < -0.3 is 10.4 Å². The van der Waals surface area contributed by atoms with E-state index in [2.05, 4.69) is 28.5 Å². The molecule has 0 radical (unpaired) electrons. The summed E-state index contributed by atoms with van der Waals surface area (Å²) in [5.41, 5.74) is 0.116. The van der Waals surface area contributed by atoms with Gasteiger partial charge in [-0.05, 0) is 37.7 Å². The Balaban J connectivity index is 2.18. The number of nitrogens with one attached hydrogen (secondary N) is 1. The Morgan fingerprint density at radius 3 is 2.89 bits per heavy atom. The van der Waals surface area contributed by atoms with Crippen LogP contribution in [0.2, 0.25) is 0 Å².